The Morgan fingerprint density at radius 2 is 1.80 bits per heavy atom. The molecule has 0 aliphatic rings. The van der Waals surface area contributed by atoms with Crippen molar-refractivity contribution in [1.82, 2.24) is 4.98 Å². The van der Waals surface area contributed by atoms with Crippen molar-refractivity contribution in [3.8, 4) is 0 Å². The lowest BCUT2D eigenvalue weighted by Gasteiger charge is -2.07. The Labute approximate surface area is 130 Å². The van der Waals surface area contributed by atoms with Gasteiger partial charge in [-0.2, -0.15) is 0 Å². The SMILES string of the molecule is Nc1ccc2c(Sc3ccc(Cl)c(Cl)c3)ccnc2c1. The quantitative estimate of drug-likeness (QED) is 0.653. The van der Waals surface area contributed by atoms with Crippen LogP contribution in [0.3, 0.4) is 0 Å². The van der Waals surface area contributed by atoms with E-state index in [4.69, 9.17) is 28.9 Å². The van der Waals surface area contributed by atoms with Crippen molar-refractivity contribution in [3.63, 3.8) is 0 Å². The van der Waals surface area contributed by atoms with Crippen LogP contribution < -0.4 is 5.73 Å². The molecule has 0 fully saturated rings. The maximum Gasteiger partial charge on any atom is 0.0733 e. The van der Waals surface area contributed by atoms with E-state index < -0.39 is 0 Å². The Kier molecular flexibility index (Phi) is 3.74. The number of rotatable bonds is 2. The number of aromatic nitrogens is 1. The van der Waals surface area contributed by atoms with E-state index in [0.717, 1.165) is 20.7 Å². The summed E-state index contributed by atoms with van der Waals surface area (Å²) in [6.45, 7) is 0. The molecule has 1 aromatic heterocycles. The molecule has 3 rings (SSSR count). The van der Waals surface area contributed by atoms with Gasteiger partial charge in [-0.1, -0.05) is 35.0 Å². The second kappa shape index (κ2) is 5.52. The maximum atomic E-state index is 6.04. The summed E-state index contributed by atoms with van der Waals surface area (Å²) in [6.07, 6.45) is 1.78. The average Bonchev–Trinajstić information content (AvgIpc) is 2.43. The summed E-state index contributed by atoms with van der Waals surface area (Å²) in [5.74, 6) is 0. The van der Waals surface area contributed by atoms with Crippen molar-refractivity contribution >= 4 is 51.6 Å². The minimum Gasteiger partial charge on any atom is -0.399 e. The molecule has 1 heterocycles. The van der Waals surface area contributed by atoms with Gasteiger partial charge in [0, 0.05) is 27.1 Å². The van der Waals surface area contributed by atoms with Crippen LogP contribution in [0, 0.1) is 0 Å². The molecule has 2 nitrogen and oxygen atoms in total. The Hall–Kier alpha value is -1.42. The lowest BCUT2D eigenvalue weighted by atomic mass is 10.2. The summed E-state index contributed by atoms with van der Waals surface area (Å²) >= 11 is 13.6. The summed E-state index contributed by atoms with van der Waals surface area (Å²) < 4.78 is 0. The largest absolute Gasteiger partial charge is 0.399 e. The molecule has 0 bridgehead atoms. The zero-order valence-corrected chi connectivity index (χ0v) is 12.6. The van der Waals surface area contributed by atoms with Gasteiger partial charge in [-0.3, -0.25) is 4.98 Å². The number of hydrogen-bond donors (Lipinski definition) is 1. The lowest BCUT2D eigenvalue weighted by Crippen LogP contribution is -1.87. The molecular formula is C15H10Cl2N2S. The maximum absolute atomic E-state index is 6.04. The van der Waals surface area contributed by atoms with Gasteiger partial charge in [-0.15, -0.1) is 0 Å². The van der Waals surface area contributed by atoms with E-state index in [1.807, 2.05) is 36.4 Å². The molecule has 5 heteroatoms. The summed E-state index contributed by atoms with van der Waals surface area (Å²) in [5.41, 5.74) is 7.38. The van der Waals surface area contributed by atoms with Crippen LogP contribution in [-0.2, 0) is 0 Å². The van der Waals surface area contributed by atoms with Crippen LogP contribution in [0.1, 0.15) is 0 Å². The third kappa shape index (κ3) is 2.70. The van der Waals surface area contributed by atoms with Crippen LogP contribution in [0.5, 0.6) is 0 Å². The van der Waals surface area contributed by atoms with Crippen molar-refractivity contribution in [2.24, 2.45) is 0 Å². The molecule has 0 radical (unpaired) electrons. The molecular weight excluding hydrogens is 311 g/mol. The van der Waals surface area contributed by atoms with Crippen LogP contribution in [0.15, 0.2) is 58.5 Å². The third-order valence-electron chi connectivity index (χ3n) is 2.85. The first kappa shape index (κ1) is 13.6. The molecule has 0 aliphatic heterocycles. The smallest absolute Gasteiger partial charge is 0.0733 e. The number of anilines is 1. The van der Waals surface area contributed by atoms with E-state index in [9.17, 15) is 0 Å². The number of hydrogen-bond acceptors (Lipinski definition) is 3. The minimum atomic E-state index is 0.555. The van der Waals surface area contributed by atoms with E-state index in [1.165, 1.54) is 0 Å². The van der Waals surface area contributed by atoms with Crippen LogP contribution in [0.4, 0.5) is 5.69 Å². The number of pyridine rings is 1. The van der Waals surface area contributed by atoms with Gasteiger partial charge in [-0.25, -0.2) is 0 Å². The summed E-state index contributed by atoms with van der Waals surface area (Å²) in [5, 5.41) is 2.18. The first-order chi connectivity index (χ1) is 9.63. The molecule has 0 atom stereocenters. The standard InChI is InChI=1S/C15H10Cl2N2S/c16-12-4-2-10(8-13(12)17)20-15-5-6-19-14-7-9(18)1-3-11(14)15/h1-8H,18H2. The molecule has 3 aromatic rings. The summed E-state index contributed by atoms with van der Waals surface area (Å²) in [4.78, 5) is 6.47. The zero-order valence-electron chi connectivity index (χ0n) is 10.3. The molecule has 0 aliphatic carbocycles. The number of benzene rings is 2. The number of nitrogen functional groups attached to an aromatic ring is 1. The van der Waals surface area contributed by atoms with Crippen LogP contribution >= 0.6 is 35.0 Å². The number of fused-ring (bicyclic) bond motifs is 1. The van der Waals surface area contributed by atoms with Gasteiger partial charge >= 0.3 is 0 Å². The topological polar surface area (TPSA) is 38.9 Å². The van der Waals surface area contributed by atoms with Crippen LogP contribution in [0.2, 0.25) is 10.0 Å². The predicted octanol–water partition coefficient (Wildman–Crippen LogP) is 5.28. The van der Waals surface area contributed by atoms with Crippen molar-refractivity contribution in [3.05, 3.63) is 58.7 Å². The predicted molar refractivity (Wildman–Crippen MR) is 86.7 cm³/mol. The van der Waals surface area contributed by atoms with E-state index in [-0.39, 0.29) is 0 Å². The van der Waals surface area contributed by atoms with Gasteiger partial charge in [0.1, 0.15) is 0 Å². The highest BCUT2D eigenvalue weighted by atomic mass is 35.5. The van der Waals surface area contributed by atoms with Gasteiger partial charge in [0.25, 0.3) is 0 Å². The molecule has 0 saturated heterocycles. The molecule has 0 saturated carbocycles. The van der Waals surface area contributed by atoms with E-state index in [2.05, 4.69) is 4.98 Å². The monoisotopic (exact) mass is 320 g/mol. The second-order valence-electron chi connectivity index (χ2n) is 4.26. The van der Waals surface area contributed by atoms with Gasteiger partial charge in [0.15, 0.2) is 0 Å². The molecule has 20 heavy (non-hydrogen) atoms. The fourth-order valence-corrected chi connectivity index (χ4v) is 3.24. The summed E-state index contributed by atoms with van der Waals surface area (Å²) in [6, 6.07) is 13.3. The van der Waals surface area contributed by atoms with E-state index >= 15 is 0 Å². The second-order valence-corrected chi connectivity index (χ2v) is 6.19. The van der Waals surface area contributed by atoms with Gasteiger partial charge in [-0.05, 0) is 42.5 Å². The molecule has 100 valence electrons. The Balaban J connectivity index is 2.04. The van der Waals surface area contributed by atoms with Crippen LogP contribution in [-0.4, -0.2) is 4.98 Å². The van der Waals surface area contributed by atoms with Crippen LogP contribution in [0.25, 0.3) is 10.9 Å². The minimum absolute atomic E-state index is 0.555. The van der Waals surface area contributed by atoms with Crippen molar-refractivity contribution < 1.29 is 0 Å². The van der Waals surface area contributed by atoms with Crippen molar-refractivity contribution in [2.45, 2.75) is 9.79 Å². The third-order valence-corrected chi connectivity index (χ3v) is 4.65. The number of halogens is 2. The first-order valence-corrected chi connectivity index (χ1v) is 7.48. The Morgan fingerprint density at radius 1 is 0.950 bits per heavy atom. The average molecular weight is 321 g/mol. The fraction of sp³-hybridized carbons (Fsp3) is 0. The van der Waals surface area contributed by atoms with Gasteiger partial charge < -0.3 is 5.73 Å². The normalized spacial score (nSPS) is 10.9. The molecule has 2 aromatic carbocycles. The summed E-state index contributed by atoms with van der Waals surface area (Å²) in [7, 11) is 0. The number of nitrogens with zero attached hydrogens (tertiary/aromatic N) is 1. The highest BCUT2D eigenvalue weighted by Gasteiger charge is 2.06. The van der Waals surface area contributed by atoms with Crippen molar-refractivity contribution in [2.75, 3.05) is 5.73 Å². The number of nitrogens with two attached hydrogens (primary N) is 1. The Morgan fingerprint density at radius 3 is 2.60 bits per heavy atom. The van der Waals surface area contributed by atoms with E-state index in [0.29, 0.717) is 15.7 Å². The molecule has 0 amide bonds. The van der Waals surface area contributed by atoms with Gasteiger partial charge in [0.05, 0.1) is 15.6 Å². The van der Waals surface area contributed by atoms with Crippen molar-refractivity contribution in [1.29, 1.82) is 0 Å². The molecule has 0 unspecified atom stereocenters. The van der Waals surface area contributed by atoms with Gasteiger partial charge in [0.2, 0.25) is 0 Å². The zero-order chi connectivity index (χ0) is 14.1. The Bertz CT molecular complexity index is 790. The lowest BCUT2D eigenvalue weighted by molar-refractivity contribution is 1.34. The fourth-order valence-electron chi connectivity index (χ4n) is 1.90. The highest BCUT2D eigenvalue weighted by molar-refractivity contribution is 7.99. The molecule has 2 N–H and O–H groups in total. The molecule has 0 spiro atoms. The highest BCUT2D eigenvalue weighted by Crippen LogP contribution is 2.35. The first-order valence-electron chi connectivity index (χ1n) is 5.90. The van der Waals surface area contributed by atoms with E-state index in [1.54, 1.807) is 24.0 Å².